The summed E-state index contributed by atoms with van der Waals surface area (Å²) in [5.74, 6) is 0.781. The monoisotopic (exact) mass is 254 g/mol. The highest BCUT2D eigenvalue weighted by Crippen LogP contribution is 2.28. The van der Waals surface area contributed by atoms with E-state index >= 15 is 0 Å². The van der Waals surface area contributed by atoms with Crippen LogP contribution in [-0.4, -0.2) is 5.78 Å². The Morgan fingerprint density at radius 1 is 1.21 bits per heavy atom. The molecule has 0 heterocycles. The summed E-state index contributed by atoms with van der Waals surface area (Å²) >= 11 is 0. The van der Waals surface area contributed by atoms with Gasteiger partial charge < -0.3 is 0 Å². The molecule has 0 bridgehead atoms. The molecule has 0 amide bonds. The lowest BCUT2D eigenvalue weighted by atomic mass is 9.88. The molecular weight excluding hydrogens is 232 g/mol. The first-order valence-corrected chi connectivity index (χ1v) is 7.25. The van der Waals surface area contributed by atoms with E-state index in [9.17, 15) is 4.79 Å². The predicted octanol–water partition coefficient (Wildman–Crippen LogP) is 4.80. The Balaban J connectivity index is 2.18. The maximum Gasteiger partial charge on any atom is 0.159 e. The molecule has 0 radical (unpaired) electrons. The molecule has 0 aromatic heterocycles. The largest absolute Gasteiger partial charge is 0.295 e. The van der Waals surface area contributed by atoms with Crippen molar-refractivity contribution in [2.45, 2.75) is 39.0 Å². The number of ketones is 1. The van der Waals surface area contributed by atoms with Crippen LogP contribution in [-0.2, 0) is 4.79 Å². The van der Waals surface area contributed by atoms with Crippen LogP contribution in [0.4, 0.5) is 0 Å². The number of carbonyl (C=O) groups is 1. The summed E-state index contributed by atoms with van der Waals surface area (Å²) in [6.07, 6.45) is 11.3. The van der Waals surface area contributed by atoms with Crippen LogP contribution in [0.1, 0.15) is 44.6 Å². The van der Waals surface area contributed by atoms with Gasteiger partial charge in [0.1, 0.15) is 0 Å². The number of hydrogen-bond acceptors (Lipinski definition) is 1. The van der Waals surface area contributed by atoms with Gasteiger partial charge in [-0.05, 0) is 36.0 Å². The van der Waals surface area contributed by atoms with Gasteiger partial charge in [0.2, 0.25) is 0 Å². The lowest BCUT2D eigenvalue weighted by molar-refractivity contribution is -0.113. The molecule has 0 saturated carbocycles. The summed E-state index contributed by atoms with van der Waals surface area (Å²) in [5.41, 5.74) is 2.38. The maximum absolute atomic E-state index is 11.8. The van der Waals surface area contributed by atoms with Crippen molar-refractivity contribution in [1.82, 2.24) is 0 Å². The fourth-order valence-corrected chi connectivity index (χ4v) is 2.56. The molecule has 1 aliphatic rings. The van der Waals surface area contributed by atoms with Gasteiger partial charge in [-0.25, -0.2) is 0 Å². The van der Waals surface area contributed by atoms with Gasteiger partial charge in [0.25, 0.3) is 0 Å². The standard InChI is InChI=1S/C18H22O/c1-2-3-8-15-9-7-12-18(19)14-17(13-15)16-10-5-4-6-11-16/h4-7,9-11,14-15H,2-3,8,12-13H2,1H3/b9-7-,17-14+. The van der Waals surface area contributed by atoms with Crippen molar-refractivity contribution >= 4 is 11.4 Å². The van der Waals surface area contributed by atoms with Gasteiger partial charge in [0.15, 0.2) is 5.78 Å². The van der Waals surface area contributed by atoms with Gasteiger partial charge in [-0.3, -0.25) is 4.79 Å². The molecule has 1 atom stereocenters. The molecule has 100 valence electrons. The van der Waals surface area contributed by atoms with Gasteiger partial charge >= 0.3 is 0 Å². The number of benzene rings is 1. The number of rotatable bonds is 4. The first-order valence-electron chi connectivity index (χ1n) is 7.25. The van der Waals surface area contributed by atoms with Crippen molar-refractivity contribution in [3.8, 4) is 0 Å². The highest BCUT2D eigenvalue weighted by atomic mass is 16.1. The average molecular weight is 254 g/mol. The Morgan fingerprint density at radius 3 is 2.74 bits per heavy atom. The third-order valence-corrected chi connectivity index (χ3v) is 3.62. The van der Waals surface area contributed by atoms with Crippen LogP contribution in [0, 0.1) is 5.92 Å². The van der Waals surface area contributed by atoms with Crippen molar-refractivity contribution in [3.05, 3.63) is 54.1 Å². The predicted molar refractivity (Wildman–Crippen MR) is 80.8 cm³/mol. The Labute approximate surface area is 116 Å². The van der Waals surface area contributed by atoms with Crippen LogP contribution in [0.15, 0.2) is 48.6 Å². The quantitative estimate of drug-likeness (QED) is 0.706. The molecule has 1 aromatic rings. The van der Waals surface area contributed by atoms with Gasteiger partial charge in [-0.2, -0.15) is 0 Å². The van der Waals surface area contributed by atoms with E-state index in [1.54, 1.807) is 0 Å². The highest BCUT2D eigenvalue weighted by molar-refractivity contribution is 5.97. The van der Waals surface area contributed by atoms with Crippen molar-refractivity contribution < 1.29 is 4.79 Å². The minimum absolute atomic E-state index is 0.212. The molecule has 1 aromatic carbocycles. The minimum atomic E-state index is 0.212. The van der Waals surface area contributed by atoms with E-state index in [-0.39, 0.29) is 5.78 Å². The van der Waals surface area contributed by atoms with E-state index in [0.29, 0.717) is 12.3 Å². The smallest absolute Gasteiger partial charge is 0.159 e. The SMILES string of the molecule is CCCCC1/C=C\CC(=O)/C=C(/c2ccccc2)C1. The Morgan fingerprint density at radius 2 is 2.00 bits per heavy atom. The summed E-state index contributed by atoms with van der Waals surface area (Å²) in [7, 11) is 0. The van der Waals surface area contributed by atoms with Crippen LogP contribution in [0.3, 0.4) is 0 Å². The highest BCUT2D eigenvalue weighted by Gasteiger charge is 2.13. The van der Waals surface area contributed by atoms with Crippen LogP contribution in [0.2, 0.25) is 0 Å². The fraction of sp³-hybridized carbons (Fsp3) is 0.389. The molecule has 19 heavy (non-hydrogen) atoms. The second-order valence-corrected chi connectivity index (χ2v) is 5.24. The Kier molecular flexibility index (Phi) is 5.14. The molecule has 1 aliphatic carbocycles. The van der Waals surface area contributed by atoms with E-state index in [0.717, 1.165) is 6.42 Å². The van der Waals surface area contributed by atoms with E-state index in [1.807, 2.05) is 30.4 Å². The lowest BCUT2D eigenvalue weighted by Gasteiger charge is -2.17. The average Bonchev–Trinajstić information content (AvgIpc) is 2.42. The number of carbonyl (C=O) groups excluding carboxylic acids is 1. The van der Waals surface area contributed by atoms with Gasteiger partial charge in [0.05, 0.1) is 0 Å². The maximum atomic E-state index is 11.8. The molecule has 1 heteroatoms. The van der Waals surface area contributed by atoms with Gasteiger partial charge in [-0.1, -0.05) is 62.2 Å². The molecule has 0 N–H and O–H groups in total. The van der Waals surface area contributed by atoms with Crippen molar-refractivity contribution in [2.24, 2.45) is 5.92 Å². The third-order valence-electron chi connectivity index (χ3n) is 3.62. The zero-order valence-corrected chi connectivity index (χ0v) is 11.6. The first kappa shape index (κ1) is 13.8. The van der Waals surface area contributed by atoms with Crippen molar-refractivity contribution in [2.75, 3.05) is 0 Å². The zero-order chi connectivity index (χ0) is 13.5. The summed E-state index contributed by atoms with van der Waals surface area (Å²) in [4.78, 5) is 11.8. The van der Waals surface area contributed by atoms with Crippen LogP contribution in [0.5, 0.6) is 0 Å². The van der Waals surface area contributed by atoms with Crippen LogP contribution in [0.25, 0.3) is 5.57 Å². The topological polar surface area (TPSA) is 17.1 Å². The zero-order valence-electron chi connectivity index (χ0n) is 11.6. The third kappa shape index (κ3) is 4.20. The summed E-state index contributed by atoms with van der Waals surface area (Å²) in [5, 5.41) is 0. The summed E-state index contributed by atoms with van der Waals surface area (Å²) < 4.78 is 0. The van der Waals surface area contributed by atoms with Crippen LogP contribution < -0.4 is 0 Å². The first-order chi connectivity index (χ1) is 9.29. The molecular formula is C18H22O. The van der Waals surface area contributed by atoms with E-state index in [1.165, 1.54) is 30.4 Å². The van der Waals surface area contributed by atoms with E-state index in [2.05, 4.69) is 25.1 Å². The van der Waals surface area contributed by atoms with Gasteiger partial charge in [0, 0.05) is 6.42 Å². The summed E-state index contributed by atoms with van der Waals surface area (Å²) in [6.45, 7) is 2.23. The van der Waals surface area contributed by atoms with Gasteiger partial charge in [-0.15, -0.1) is 0 Å². The Bertz CT molecular complexity index is 468. The molecule has 0 aliphatic heterocycles. The number of unbranched alkanes of at least 4 members (excludes halogenated alkanes) is 1. The lowest BCUT2D eigenvalue weighted by Crippen LogP contribution is -2.04. The van der Waals surface area contributed by atoms with E-state index < -0.39 is 0 Å². The fourth-order valence-electron chi connectivity index (χ4n) is 2.56. The minimum Gasteiger partial charge on any atom is -0.295 e. The summed E-state index contributed by atoms with van der Waals surface area (Å²) in [6, 6.07) is 10.3. The molecule has 2 rings (SSSR count). The Hall–Kier alpha value is -1.63. The number of hydrogen-bond donors (Lipinski definition) is 0. The normalized spacial score (nSPS) is 24.2. The van der Waals surface area contributed by atoms with Crippen molar-refractivity contribution in [3.63, 3.8) is 0 Å². The van der Waals surface area contributed by atoms with E-state index in [4.69, 9.17) is 0 Å². The molecule has 0 saturated heterocycles. The van der Waals surface area contributed by atoms with Crippen molar-refractivity contribution in [1.29, 1.82) is 0 Å². The molecule has 1 nitrogen and oxygen atoms in total. The van der Waals surface area contributed by atoms with Crippen LogP contribution >= 0.6 is 0 Å². The number of allylic oxidation sites excluding steroid dienone is 4. The molecule has 0 spiro atoms. The molecule has 0 fully saturated rings. The second kappa shape index (κ2) is 7.08. The second-order valence-electron chi connectivity index (χ2n) is 5.24. The molecule has 1 unspecified atom stereocenters.